The largest absolute Gasteiger partial charge is 0.395 e. The summed E-state index contributed by atoms with van der Waals surface area (Å²) in [4.78, 5) is 0. The smallest absolute Gasteiger partial charge is 0.0604 e. The van der Waals surface area contributed by atoms with Crippen LogP contribution in [0.2, 0.25) is 0 Å². The molecule has 142 valence electrons. The number of nitrogens with two attached hydrogens (primary N) is 1. The number of aliphatic hydroxyl groups excluding tert-OH is 1. The Hall–Kier alpha value is -2.30. The van der Waals surface area contributed by atoms with Gasteiger partial charge in [-0.05, 0) is 79.5 Å². The van der Waals surface area contributed by atoms with Crippen LogP contribution in [-0.2, 0) is 25.7 Å². The van der Waals surface area contributed by atoms with Crippen LogP contribution in [-0.4, -0.2) is 28.7 Å². The van der Waals surface area contributed by atoms with Crippen molar-refractivity contribution in [1.29, 1.82) is 0 Å². The molecule has 0 radical (unpaired) electrons. The number of nitrogens with zero attached hydrogens (tertiary/aromatic N) is 1. The molecule has 0 amide bonds. The van der Waals surface area contributed by atoms with Crippen molar-refractivity contribution >= 4 is 11.2 Å². The maximum absolute atomic E-state index is 8.90. The van der Waals surface area contributed by atoms with Crippen molar-refractivity contribution in [2.75, 3.05) is 18.5 Å². The van der Waals surface area contributed by atoms with Crippen molar-refractivity contribution in [2.45, 2.75) is 44.6 Å². The summed E-state index contributed by atoms with van der Waals surface area (Å²) in [5, 5.41) is 12.1. The van der Waals surface area contributed by atoms with Crippen molar-refractivity contribution < 1.29 is 5.11 Å². The minimum Gasteiger partial charge on any atom is -0.395 e. The lowest BCUT2D eigenvalue weighted by Crippen LogP contribution is -2.26. The van der Waals surface area contributed by atoms with Crippen molar-refractivity contribution in [3.05, 3.63) is 71.0 Å². The molecule has 4 heteroatoms. The van der Waals surface area contributed by atoms with E-state index in [1.165, 1.54) is 48.0 Å². The summed E-state index contributed by atoms with van der Waals surface area (Å²) in [7, 11) is 0. The Morgan fingerprint density at radius 3 is 2.67 bits per heavy atom. The first-order chi connectivity index (χ1) is 13.3. The third-order valence-corrected chi connectivity index (χ3v) is 5.62. The van der Waals surface area contributed by atoms with E-state index < -0.39 is 0 Å². The third-order valence-electron chi connectivity index (χ3n) is 5.62. The molecular weight excluding hydrogens is 334 g/mol. The summed E-state index contributed by atoms with van der Waals surface area (Å²) in [5.74, 6) is 0. The number of pyridine rings is 1. The van der Waals surface area contributed by atoms with Gasteiger partial charge in [-0.25, -0.2) is 0 Å². The van der Waals surface area contributed by atoms with E-state index in [4.69, 9.17) is 10.8 Å². The van der Waals surface area contributed by atoms with Crippen LogP contribution in [0, 0.1) is 0 Å². The van der Waals surface area contributed by atoms with E-state index in [1.807, 2.05) is 0 Å². The number of nitrogens with one attached hydrogen (secondary N) is 1. The fourth-order valence-electron chi connectivity index (χ4n) is 4.38. The lowest BCUT2D eigenvalue weighted by molar-refractivity contribution is 0.311. The highest BCUT2D eigenvalue weighted by atomic mass is 16.3. The molecule has 2 heterocycles. The highest BCUT2D eigenvalue weighted by Gasteiger charge is 2.21. The van der Waals surface area contributed by atoms with Gasteiger partial charge in [-0.2, -0.15) is 0 Å². The summed E-state index contributed by atoms with van der Waals surface area (Å²) in [6.45, 7) is 0.717. The fraction of sp³-hybridized carbons (Fsp3) is 0.391. The molecule has 0 saturated carbocycles. The Bertz CT molecular complexity index is 898. The number of aromatic nitrogens is 1. The number of aliphatic hydroxyl groups is 1. The number of aryl methyl sites for hydroxylation is 1. The van der Waals surface area contributed by atoms with Crippen LogP contribution in [0.15, 0.2) is 48.7 Å². The van der Waals surface area contributed by atoms with E-state index >= 15 is 0 Å². The van der Waals surface area contributed by atoms with Crippen LogP contribution in [0.3, 0.4) is 0 Å². The summed E-state index contributed by atoms with van der Waals surface area (Å²) in [6.07, 6.45) is 8.94. The monoisotopic (exact) mass is 363 g/mol. The van der Waals surface area contributed by atoms with Gasteiger partial charge in [0.15, 0.2) is 0 Å². The van der Waals surface area contributed by atoms with Gasteiger partial charge >= 0.3 is 0 Å². The maximum Gasteiger partial charge on any atom is 0.0604 e. The zero-order valence-electron chi connectivity index (χ0n) is 15.8. The zero-order valence-corrected chi connectivity index (χ0v) is 15.8. The van der Waals surface area contributed by atoms with E-state index in [9.17, 15) is 0 Å². The second-order valence-electron chi connectivity index (χ2n) is 7.58. The molecule has 27 heavy (non-hydrogen) atoms. The molecule has 1 atom stereocenters. The first kappa shape index (κ1) is 18.1. The first-order valence-electron chi connectivity index (χ1n) is 10.0. The van der Waals surface area contributed by atoms with Crippen LogP contribution < -0.4 is 11.1 Å². The molecule has 1 aromatic carbocycles. The van der Waals surface area contributed by atoms with Gasteiger partial charge in [0, 0.05) is 35.7 Å². The normalized spacial score (nSPS) is 14.9. The van der Waals surface area contributed by atoms with Gasteiger partial charge in [-0.15, -0.1) is 0 Å². The molecule has 0 spiro atoms. The van der Waals surface area contributed by atoms with Gasteiger partial charge in [-0.1, -0.05) is 18.2 Å². The Morgan fingerprint density at radius 1 is 1.04 bits per heavy atom. The molecule has 3 aromatic rings. The molecule has 4 nitrogen and oxygen atoms in total. The molecule has 0 aliphatic heterocycles. The molecule has 1 aliphatic rings. The van der Waals surface area contributed by atoms with E-state index in [-0.39, 0.29) is 12.6 Å². The van der Waals surface area contributed by atoms with Gasteiger partial charge in [0.1, 0.15) is 0 Å². The van der Waals surface area contributed by atoms with Crippen molar-refractivity contribution in [3.63, 3.8) is 0 Å². The number of hydrogen-bond acceptors (Lipinski definition) is 3. The maximum atomic E-state index is 8.90. The molecule has 2 aromatic heterocycles. The second-order valence-corrected chi connectivity index (χ2v) is 7.58. The van der Waals surface area contributed by atoms with Crippen LogP contribution in [0.5, 0.6) is 0 Å². The SMILES string of the molecule is NC(Cc1ccc(NCCO)cc1)Cc1c2c(n3ccccc13)CCCC2. The standard InChI is InChI=1S/C23H29N3O/c24-18(15-17-8-10-19(11-9-17)25-12-14-27)16-21-20-5-1-2-6-22(20)26-13-4-3-7-23(21)26/h3-4,7-11,13,18,25,27H,1-2,5-6,12,14-16,24H2. The molecule has 4 N–H and O–H groups in total. The van der Waals surface area contributed by atoms with Crippen molar-refractivity contribution in [1.82, 2.24) is 4.40 Å². The van der Waals surface area contributed by atoms with Crippen LogP contribution in [0.1, 0.15) is 35.2 Å². The summed E-state index contributed by atoms with van der Waals surface area (Å²) in [5.41, 5.74) is 14.7. The molecule has 1 aliphatic carbocycles. The second kappa shape index (κ2) is 8.15. The van der Waals surface area contributed by atoms with Gasteiger partial charge in [0.05, 0.1) is 6.61 Å². The highest BCUT2D eigenvalue weighted by Crippen LogP contribution is 2.31. The van der Waals surface area contributed by atoms with Crippen LogP contribution in [0.4, 0.5) is 5.69 Å². The molecule has 1 unspecified atom stereocenters. The van der Waals surface area contributed by atoms with Crippen molar-refractivity contribution in [3.8, 4) is 0 Å². The predicted octanol–water partition coefficient (Wildman–Crippen LogP) is 3.33. The number of rotatable bonds is 7. The third kappa shape index (κ3) is 3.87. The van der Waals surface area contributed by atoms with E-state index in [2.05, 4.69) is 58.4 Å². The summed E-state index contributed by atoms with van der Waals surface area (Å²) in [6, 6.07) is 15.0. The molecule has 0 saturated heterocycles. The average Bonchev–Trinajstić information content (AvgIpc) is 3.02. The minimum atomic E-state index is 0.110. The molecule has 0 bridgehead atoms. The number of hydrogen-bond donors (Lipinski definition) is 3. The number of fused-ring (bicyclic) bond motifs is 3. The first-order valence-corrected chi connectivity index (χ1v) is 10.0. The van der Waals surface area contributed by atoms with E-state index in [1.54, 1.807) is 5.56 Å². The number of benzene rings is 1. The molecular formula is C23H29N3O. The zero-order chi connectivity index (χ0) is 18.6. The predicted molar refractivity (Wildman–Crippen MR) is 111 cm³/mol. The molecule has 4 rings (SSSR count). The van der Waals surface area contributed by atoms with Crippen LogP contribution >= 0.6 is 0 Å². The lowest BCUT2D eigenvalue weighted by Gasteiger charge is -2.16. The van der Waals surface area contributed by atoms with Crippen LogP contribution in [0.25, 0.3) is 5.52 Å². The summed E-state index contributed by atoms with van der Waals surface area (Å²) >= 11 is 0. The highest BCUT2D eigenvalue weighted by molar-refractivity contribution is 5.63. The van der Waals surface area contributed by atoms with E-state index in [0.29, 0.717) is 6.54 Å². The Kier molecular flexibility index (Phi) is 5.46. The van der Waals surface area contributed by atoms with Gasteiger partial charge in [0.2, 0.25) is 0 Å². The van der Waals surface area contributed by atoms with Crippen molar-refractivity contribution in [2.24, 2.45) is 5.73 Å². The van der Waals surface area contributed by atoms with Gasteiger partial charge in [0.25, 0.3) is 0 Å². The Morgan fingerprint density at radius 2 is 1.85 bits per heavy atom. The number of anilines is 1. The lowest BCUT2D eigenvalue weighted by atomic mass is 9.91. The quantitative estimate of drug-likeness (QED) is 0.603. The minimum absolute atomic E-state index is 0.110. The summed E-state index contributed by atoms with van der Waals surface area (Å²) < 4.78 is 2.39. The Labute approximate surface area is 161 Å². The van der Waals surface area contributed by atoms with Gasteiger partial charge in [-0.3, -0.25) is 0 Å². The average molecular weight is 364 g/mol. The Balaban J connectivity index is 1.51. The van der Waals surface area contributed by atoms with E-state index in [0.717, 1.165) is 18.5 Å². The molecule has 0 fully saturated rings. The fourth-order valence-corrected chi connectivity index (χ4v) is 4.38. The van der Waals surface area contributed by atoms with Gasteiger partial charge < -0.3 is 20.6 Å². The topological polar surface area (TPSA) is 62.7 Å².